The van der Waals surface area contributed by atoms with E-state index in [2.05, 4.69) is 4.99 Å². The number of amidine groups is 1. The van der Waals surface area contributed by atoms with Crippen molar-refractivity contribution < 1.29 is 18.7 Å². The molecule has 2 aliphatic rings. The molecule has 1 amide bonds. The highest BCUT2D eigenvalue weighted by Crippen LogP contribution is 2.43. The van der Waals surface area contributed by atoms with E-state index in [-0.39, 0.29) is 23.6 Å². The summed E-state index contributed by atoms with van der Waals surface area (Å²) in [6.45, 7) is 5.47. The maximum absolute atomic E-state index is 13.3. The van der Waals surface area contributed by atoms with Gasteiger partial charge in [0.15, 0.2) is 5.17 Å². The van der Waals surface area contributed by atoms with E-state index in [4.69, 9.17) is 4.74 Å². The molecule has 0 spiro atoms. The minimum Gasteiger partial charge on any atom is -0.463 e. The number of thioether (sulfide) groups is 1. The molecule has 7 heteroatoms. The number of amides is 1. The van der Waals surface area contributed by atoms with E-state index in [1.165, 1.54) is 28.8 Å². The highest BCUT2D eigenvalue weighted by atomic mass is 32.2. The van der Waals surface area contributed by atoms with E-state index in [1.807, 2.05) is 0 Å². The van der Waals surface area contributed by atoms with Gasteiger partial charge in [-0.15, -0.1) is 0 Å². The molecule has 0 aliphatic carbocycles. The van der Waals surface area contributed by atoms with Crippen molar-refractivity contribution in [1.29, 1.82) is 0 Å². The zero-order valence-electron chi connectivity index (χ0n) is 13.6. The van der Waals surface area contributed by atoms with Crippen LogP contribution >= 0.6 is 11.8 Å². The van der Waals surface area contributed by atoms with Gasteiger partial charge in [-0.05, 0) is 38.5 Å². The van der Waals surface area contributed by atoms with Gasteiger partial charge in [0.1, 0.15) is 5.82 Å². The maximum Gasteiger partial charge on any atom is 0.338 e. The van der Waals surface area contributed by atoms with Crippen molar-refractivity contribution >= 4 is 28.8 Å². The van der Waals surface area contributed by atoms with Crippen LogP contribution in [0.1, 0.15) is 32.4 Å². The van der Waals surface area contributed by atoms with Gasteiger partial charge in [0, 0.05) is 0 Å². The molecule has 0 unspecified atom stereocenters. The lowest BCUT2D eigenvalue weighted by atomic mass is 9.94. The highest BCUT2D eigenvalue weighted by molar-refractivity contribution is 8.15. The molecule has 0 aromatic heterocycles. The number of esters is 1. The third-order valence-corrected chi connectivity index (χ3v) is 4.99. The molecule has 3 rings (SSSR count). The van der Waals surface area contributed by atoms with Gasteiger partial charge in [-0.1, -0.05) is 23.9 Å². The number of hydrogen-bond acceptors (Lipinski definition) is 5. The van der Waals surface area contributed by atoms with Crippen LogP contribution in [0, 0.1) is 5.82 Å². The van der Waals surface area contributed by atoms with Crippen molar-refractivity contribution in [2.45, 2.75) is 32.1 Å². The third kappa shape index (κ3) is 2.73. The van der Waals surface area contributed by atoms with Crippen molar-refractivity contribution in [3.05, 3.63) is 46.9 Å². The molecule has 2 atom stereocenters. The van der Waals surface area contributed by atoms with E-state index < -0.39 is 12.0 Å². The second-order valence-electron chi connectivity index (χ2n) is 5.54. The van der Waals surface area contributed by atoms with Crippen LogP contribution in [-0.4, -0.2) is 33.8 Å². The van der Waals surface area contributed by atoms with Crippen LogP contribution in [-0.2, 0) is 14.3 Å². The van der Waals surface area contributed by atoms with Gasteiger partial charge >= 0.3 is 5.97 Å². The van der Waals surface area contributed by atoms with E-state index in [0.29, 0.717) is 22.0 Å². The normalized spacial score (nSPS) is 23.2. The van der Waals surface area contributed by atoms with Crippen molar-refractivity contribution in [1.82, 2.24) is 4.90 Å². The number of hydrogen-bond donors (Lipinski definition) is 0. The largest absolute Gasteiger partial charge is 0.463 e. The Hall–Kier alpha value is -2.15. The Labute approximate surface area is 143 Å². The average molecular weight is 348 g/mol. The van der Waals surface area contributed by atoms with Crippen LogP contribution < -0.4 is 0 Å². The van der Waals surface area contributed by atoms with Crippen LogP contribution in [0.2, 0.25) is 0 Å². The molecule has 2 aliphatic heterocycles. The highest BCUT2D eigenvalue weighted by Gasteiger charge is 2.46. The summed E-state index contributed by atoms with van der Waals surface area (Å²) in [5.74, 6) is -1.01. The smallest absolute Gasteiger partial charge is 0.338 e. The summed E-state index contributed by atoms with van der Waals surface area (Å²) in [5.41, 5.74) is 1.48. The van der Waals surface area contributed by atoms with Gasteiger partial charge < -0.3 is 4.74 Å². The van der Waals surface area contributed by atoms with Crippen molar-refractivity contribution in [2.24, 2.45) is 4.99 Å². The van der Waals surface area contributed by atoms with E-state index in [1.54, 1.807) is 32.9 Å². The Balaban J connectivity index is 2.14. The minimum absolute atomic E-state index is 0.123. The molecule has 0 bridgehead atoms. The second-order valence-corrected chi connectivity index (χ2v) is 6.84. The van der Waals surface area contributed by atoms with E-state index in [9.17, 15) is 14.0 Å². The van der Waals surface area contributed by atoms with Gasteiger partial charge in [-0.25, -0.2) is 14.2 Å². The molecule has 0 saturated carbocycles. The molecule has 5 nitrogen and oxygen atoms in total. The fourth-order valence-corrected chi connectivity index (χ4v) is 3.86. The lowest BCUT2D eigenvalue weighted by Crippen LogP contribution is -2.40. The number of fused-ring (bicyclic) bond motifs is 1. The summed E-state index contributed by atoms with van der Waals surface area (Å²) < 4.78 is 18.5. The van der Waals surface area contributed by atoms with E-state index >= 15 is 0 Å². The first kappa shape index (κ1) is 16.7. The van der Waals surface area contributed by atoms with Crippen LogP contribution in [0.5, 0.6) is 0 Å². The Morgan fingerprint density at radius 1 is 1.38 bits per heavy atom. The monoisotopic (exact) mass is 348 g/mol. The number of carbonyl (C=O) groups is 2. The fourth-order valence-electron chi connectivity index (χ4n) is 2.83. The zero-order valence-corrected chi connectivity index (χ0v) is 14.4. The summed E-state index contributed by atoms with van der Waals surface area (Å²) in [5, 5.41) is 0.286. The van der Waals surface area contributed by atoms with Gasteiger partial charge in [0.25, 0.3) is 0 Å². The number of benzene rings is 1. The molecule has 1 aromatic rings. The molecule has 0 N–H and O–H groups in total. The molecule has 126 valence electrons. The topological polar surface area (TPSA) is 59.0 Å². The number of halogens is 1. The molecular formula is C17H17FN2O3S. The standard InChI is InChI=1S/C17H17FN2O3S/c1-4-23-16(22)13-9(2)19-17-20(15(21)10(3)24-17)14(13)11-5-7-12(18)8-6-11/h5-8,10,14H,4H2,1-3H3/t10-,14-/m1/s1. The first-order chi connectivity index (χ1) is 11.4. The van der Waals surface area contributed by atoms with Gasteiger partial charge in [-0.2, -0.15) is 0 Å². The molecule has 1 fully saturated rings. The molecule has 0 radical (unpaired) electrons. The second kappa shape index (κ2) is 6.39. The lowest BCUT2D eigenvalue weighted by molar-refractivity contribution is -0.139. The van der Waals surface area contributed by atoms with Crippen LogP contribution in [0.25, 0.3) is 0 Å². The average Bonchev–Trinajstić information content (AvgIpc) is 2.81. The summed E-state index contributed by atoms with van der Waals surface area (Å²) in [6, 6.07) is 5.14. The fraction of sp³-hybridized carbons (Fsp3) is 0.353. The first-order valence-electron chi connectivity index (χ1n) is 7.65. The van der Waals surface area contributed by atoms with Gasteiger partial charge in [0.2, 0.25) is 5.91 Å². The zero-order chi connectivity index (χ0) is 17.4. The maximum atomic E-state index is 13.3. The summed E-state index contributed by atoms with van der Waals surface area (Å²) >= 11 is 1.36. The Bertz CT molecular complexity index is 758. The predicted molar refractivity (Wildman–Crippen MR) is 89.8 cm³/mol. The van der Waals surface area contributed by atoms with Crippen molar-refractivity contribution in [3.63, 3.8) is 0 Å². The molecule has 1 saturated heterocycles. The van der Waals surface area contributed by atoms with Crippen LogP contribution in [0.15, 0.2) is 40.5 Å². The van der Waals surface area contributed by atoms with Crippen LogP contribution in [0.4, 0.5) is 4.39 Å². The Kier molecular flexibility index (Phi) is 4.45. The number of carbonyl (C=O) groups excluding carboxylic acids is 2. The van der Waals surface area contributed by atoms with Crippen molar-refractivity contribution in [2.75, 3.05) is 6.61 Å². The number of nitrogens with zero attached hydrogens (tertiary/aromatic N) is 2. The molecule has 1 aromatic carbocycles. The van der Waals surface area contributed by atoms with Crippen LogP contribution in [0.3, 0.4) is 0 Å². The van der Waals surface area contributed by atoms with E-state index in [0.717, 1.165) is 0 Å². The Morgan fingerprint density at radius 2 is 2.04 bits per heavy atom. The number of aliphatic imine (C=N–C) groups is 1. The molecule has 2 heterocycles. The number of allylic oxidation sites excluding steroid dienone is 1. The molecular weight excluding hydrogens is 331 g/mol. The first-order valence-corrected chi connectivity index (χ1v) is 8.53. The number of rotatable bonds is 3. The summed E-state index contributed by atoms with van der Waals surface area (Å²) in [4.78, 5) is 31.0. The minimum atomic E-state index is -0.651. The quantitative estimate of drug-likeness (QED) is 0.788. The molecule has 24 heavy (non-hydrogen) atoms. The SMILES string of the molecule is CCOC(=O)C1=C(C)N=C2S[C@H](C)C(=O)N2[C@@H]1c1ccc(F)cc1. The number of ether oxygens (including phenoxy) is 1. The summed E-state index contributed by atoms with van der Waals surface area (Å²) in [7, 11) is 0. The Morgan fingerprint density at radius 3 is 2.67 bits per heavy atom. The third-order valence-electron chi connectivity index (χ3n) is 3.94. The van der Waals surface area contributed by atoms with Crippen molar-refractivity contribution in [3.8, 4) is 0 Å². The lowest BCUT2D eigenvalue weighted by Gasteiger charge is -2.33. The van der Waals surface area contributed by atoms with Gasteiger partial charge in [-0.3, -0.25) is 9.69 Å². The summed E-state index contributed by atoms with van der Waals surface area (Å²) in [6.07, 6.45) is 0. The predicted octanol–water partition coefficient (Wildman–Crippen LogP) is 3.04. The van der Waals surface area contributed by atoms with Gasteiger partial charge in [0.05, 0.1) is 29.2 Å².